The van der Waals surface area contributed by atoms with Crippen LogP contribution in [0.3, 0.4) is 0 Å². The Morgan fingerprint density at radius 3 is 1.34 bits per heavy atom. The van der Waals surface area contributed by atoms with E-state index in [0.29, 0.717) is 19.3 Å². The Morgan fingerprint density at radius 2 is 0.875 bits per heavy atom. The number of esters is 2. The molecule has 0 aromatic carbocycles. The quantitative estimate of drug-likeness (QED) is 0.0146. The molecule has 0 amide bonds. The molecule has 0 aromatic rings. The average Bonchev–Trinajstić information content (AvgIpc) is 3.28. The SMILES string of the molecule is CCCCC/C=C/C/C=C/C/C=C/C/C=C/C/C=C/CCC(=O)OC[C@@H](COP(=O)(O)OC1C(O)C(O)C(O)[C@H](O)C1O)OC(=O)CCCCCCCCCCCCCCCCCC. The van der Waals surface area contributed by atoms with E-state index >= 15 is 0 Å². The van der Waals surface area contributed by atoms with Crippen molar-refractivity contribution in [3.05, 3.63) is 60.8 Å². The van der Waals surface area contributed by atoms with Crippen molar-refractivity contribution in [1.29, 1.82) is 0 Å². The second-order valence-electron chi connectivity index (χ2n) is 17.0. The molecule has 8 atom stereocenters. The van der Waals surface area contributed by atoms with Crippen molar-refractivity contribution in [2.24, 2.45) is 0 Å². The lowest BCUT2D eigenvalue weighted by molar-refractivity contribution is -0.220. The number of aliphatic hydroxyl groups excluding tert-OH is 5. The van der Waals surface area contributed by atoms with Crippen LogP contribution in [0.15, 0.2) is 60.8 Å². The van der Waals surface area contributed by atoms with E-state index in [2.05, 4.69) is 56.4 Å². The number of phosphoric acid groups is 1. The fraction of sp³-hybridized carbons (Fsp3) is 0.760. The van der Waals surface area contributed by atoms with Gasteiger partial charge in [-0.05, 0) is 51.4 Å². The molecule has 1 rings (SSSR count). The Labute approximate surface area is 385 Å². The zero-order valence-corrected chi connectivity index (χ0v) is 40.2. The van der Waals surface area contributed by atoms with Crippen LogP contribution in [0.25, 0.3) is 0 Å². The molecular formula is C50H87O13P. The van der Waals surface area contributed by atoms with E-state index < -0.39 is 75.7 Å². The molecule has 64 heavy (non-hydrogen) atoms. The fourth-order valence-electron chi connectivity index (χ4n) is 7.15. The monoisotopic (exact) mass is 927 g/mol. The van der Waals surface area contributed by atoms with Gasteiger partial charge in [-0.15, -0.1) is 0 Å². The Morgan fingerprint density at radius 1 is 0.484 bits per heavy atom. The van der Waals surface area contributed by atoms with Crippen molar-refractivity contribution in [3.63, 3.8) is 0 Å². The molecule has 14 heteroatoms. The second kappa shape index (κ2) is 39.7. The minimum atomic E-state index is -5.14. The van der Waals surface area contributed by atoms with Crippen LogP contribution < -0.4 is 0 Å². The number of unbranched alkanes of at least 4 members (excludes halogenated alkanes) is 18. The second-order valence-corrected chi connectivity index (χ2v) is 18.4. The molecule has 0 aliphatic heterocycles. The number of allylic oxidation sites excluding steroid dienone is 10. The summed E-state index contributed by atoms with van der Waals surface area (Å²) in [6.07, 6.45) is 35.7. The maximum absolute atomic E-state index is 12.8. The van der Waals surface area contributed by atoms with Gasteiger partial charge in [0.15, 0.2) is 6.10 Å². The first-order valence-electron chi connectivity index (χ1n) is 24.6. The summed E-state index contributed by atoms with van der Waals surface area (Å²) in [6, 6.07) is 0. The summed E-state index contributed by atoms with van der Waals surface area (Å²) in [5.41, 5.74) is 0. The first-order chi connectivity index (χ1) is 30.9. The largest absolute Gasteiger partial charge is 0.472 e. The van der Waals surface area contributed by atoms with E-state index in [1.807, 2.05) is 18.2 Å². The Balaban J connectivity index is 2.48. The lowest BCUT2D eigenvalue weighted by Gasteiger charge is -2.41. The molecule has 13 nitrogen and oxygen atoms in total. The van der Waals surface area contributed by atoms with Gasteiger partial charge in [0.25, 0.3) is 0 Å². The Hall–Kier alpha value is -2.45. The summed E-state index contributed by atoms with van der Waals surface area (Å²) < 4.78 is 33.5. The number of phosphoric ester groups is 1. The van der Waals surface area contributed by atoms with Gasteiger partial charge in [0.05, 0.1) is 6.61 Å². The predicted molar refractivity (Wildman–Crippen MR) is 253 cm³/mol. The summed E-state index contributed by atoms with van der Waals surface area (Å²) in [5.74, 6) is -1.19. The molecule has 370 valence electrons. The number of carbonyl (C=O) groups is 2. The van der Waals surface area contributed by atoms with Gasteiger partial charge in [-0.3, -0.25) is 18.6 Å². The van der Waals surface area contributed by atoms with Gasteiger partial charge >= 0.3 is 19.8 Å². The molecule has 0 spiro atoms. The van der Waals surface area contributed by atoms with Gasteiger partial charge in [0.1, 0.15) is 43.2 Å². The van der Waals surface area contributed by atoms with Gasteiger partial charge < -0.3 is 39.9 Å². The summed E-state index contributed by atoms with van der Waals surface area (Å²) >= 11 is 0. The van der Waals surface area contributed by atoms with E-state index in [1.54, 1.807) is 0 Å². The molecule has 6 unspecified atom stereocenters. The molecular weight excluding hydrogens is 840 g/mol. The molecule has 1 aliphatic rings. The predicted octanol–water partition coefficient (Wildman–Crippen LogP) is 10.1. The number of aliphatic hydroxyl groups is 5. The molecule has 0 aromatic heterocycles. The first kappa shape index (κ1) is 59.6. The van der Waals surface area contributed by atoms with Crippen molar-refractivity contribution in [3.8, 4) is 0 Å². The van der Waals surface area contributed by atoms with Crippen LogP contribution in [-0.2, 0) is 32.7 Å². The van der Waals surface area contributed by atoms with Crippen LogP contribution in [0.1, 0.15) is 187 Å². The summed E-state index contributed by atoms with van der Waals surface area (Å²) in [5, 5.41) is 50.2. The van der Waals surface area contributed by atoms with E-state index in [1.165, 1.54) is 89.9 Å². The standard InChI is InChI=1S/C50H87O13P/c1-3-5-7-9-11-13-15-17-19-21-22-23-25-26-28-30-32-34-36-38-43(51)60-40-42(41-61-64(58,59)63-50-48(56)46(54)45(53)47(55)49(50)57)62-44(52)39-37-35-33-31-29-27-24-20-18-16-14-12-10-8-6-4-2/h11,13,17,19,22-23,26,28,32,34,42,45-50,53-57H,3-10,12,14-16,18,20-21,24-25,27,29-31,33,35-41H2,1-2H3,(H,58,59)/b13-11+,19-17+,23-22+,28-26+,34-32+/t42-,45?,46-,47?,48?,49?,50?/m0/s1. The molecule has 0 radical (unpaired) electrons. The van der Waals surface area contributed by atoms with Gasteiger partial charge in [0.2, 0.25) is 0 Å². The molecule has 0 saturated heterocycles. The average molecular weight is 927 g/mol. The maximum Gasteiger partial charge on any atom is 0.472 e. The van der Waals surface area contributed by atoms with Gasteiger partial charge in [-0.2, -0.15) is 0 Å². The zero-order valence-electron chi connectivity index (χ0n) is 39.3. The third-order valence-corrected chi connectivity index (χ3v) is 12.1. The highest BCUT2D eigenvalue weighted by atomic mass is 31.2. The van der Waals surface area contributed by atoms with Crippen molar-refractivity contribution in [2.75, 3.05) is 13.2 Å². The van der Waals surface area contributed by atoms with E-state index in [0.717, 1.165) is 51.4 Å². The smallest absolute Gasteiger partial charge is 0.462 e. The summed E-state index contributed by atoms with van der Waals surface area (Å²) in [4.78, 5) is 35.7. The van der Waals surface area contributed by atoms with Crippen molar-refractivity contribution < 1.29 is 63.1 Å². The van der Waals surface area contributed by atoms with Gasteiger partial charge in [0, 0.05) is 12.8 Å². The normalized spacial score (nSPS) is 22.1. The Bertz CT molecular complexity index is 1350. The van der Waals surface area contributed by atoms with E-state index in [-0.39, 0.29) is 12.8 Å². The minimum absolute atomic E-state index is 0.0431. The van der Waals surface area contributed by atoms with Crippen molar-refractivity contribution >= 4 is 19.8 Å². The van der Waals surface area contributed by atoms with Gasteiger partial charge in [-0.25, -0.2) is 4.57 Å². The number of hydrogen-bond acceptors (Lipinski definition) is 12. The highest BCUT2D eigenvalue weighted by Gasteiger charge is 2.51. The Kier molecular flexibility index (Phi) is 36.9. The number of rotatable bonds is 40. The molecule has 0 bridgehead atoms. The topological polar surface area (TPSA) is 210 Å². The maximum atomic E-state index is 12.8. The lowest BCUT2D eigenvalue weighted by Crippen LogP contribution is -2.64. The van der Waals surface area contributed by atoms with Gasteiger partial charge in [-0.1, -0.05) is 184 Å². The highest BCUT2D eigenvalue weighted by Crippen LogP contribution is 2.47. The number of hydrogen-bond donors (Lipinski definition) is 6. The first-order valence-corrected chi connectivity index (χ1v) is 26.1. The third-order valence-electron chi connectivity index (χ3n) is 11.1. The van der Waals surface area contributed by atoms with Crippen LogP contribution in [-0.4, -0.2) is 98.3 Å². The van der Waals surface area contributed by atoms with E-state index in [9.17, 15) is 44.6 Å². The van der Waals surface area contributed by atoms with Crippen LogP contribution >= 0.6 is 7.82 Å². The van der Waals surface area contributed by atoms with Crippen LogP contribution in [0.2, 0.25) is 0 Å². The van der Waals surface area contributed by atoms with Crippen molar-refractivity contribution in [1.82, 2.24) is 0 Å². The van der Waals surface area contributed by atoms with Crippen LogP contribution in [0, 0.1) is 0 Å². The lowest BCUT2D eigenvalue weighted by atomic mass is 9.85. The molecule has 1 fully saturated rings. The van der Waals surface area contributed by atoms with Crippen LogP contribution in [0.5, 0.6) is 0 Å². The number of ether oxygens (including phenoxy) is 2. The molecule has 6 N–H and O–H groups in total. The fourth-order valence-corrected chi connectivity index (χ4v) is 8.13. The third kappa shape index (κ3) is 31.5. The summed E-state index contributed by atoms with van der Waals surface area (Å²) in [6.45, 7) is 3.22. The number of carbonyl (C=O) groups excluding carboxylic acids is 2. The molecule has 1 saturated carbocycles. The van der Waals surface area contributed by atoms with Crippen molar-refractivity contribution in [2.45, 2.75) is 230 Å². The minimum Gasteiger partial charge on any atom is -0.462 e. The van der Waals surface area contributed by atoms with E-state index in [4.69, 9.17) is 18.5 Å². The summed E-state index contributed by atoms with van der Waals surface area (Å²) in [7, 11) is -5.14. The molecule has 0 heterocycles. The molecule has 1 aliphatic carbocycles. The highest BCUT2D eigenvalue weighted by molar-refractivity contribution is 7.47. The zero-order chi connectivity index (χ0) is 47.1. The van der Waals surface area contributed by atoms with Crippen LogP contribution in [0.4, 0.5) is 0 Å².